The van der Waals surface area contributed by atoms with Crippen molar-refractivity contribution in [3.05, 3.63) is 28.5 Å². The van der Waals surface area contributed by atoms with Crippen LogP contribution in [-0.4, -0.2) is 16.9 Å². The molecule has 1 aromatic heterocycles. The van der Waals surface area contributed by atoms with Gasteiger partial charge in [0, 0.05) is 11.3 Å². The molecule has 1 N–H and O–H groups in total. The predicted octanol–water partition coefficient (Wildman–Crippen LogP) is 2.33. The number of nitriles is 1. The fraction of sp³-hybridized carbons (Fsp3) is 0.462. The van der Waals surface area contributed by atoms with Crippen molar-refractivity contribution >= 4 is 17.5 Å². The van der Waals surface area contributed by atoms with Crippen LogP contribution in [0.3, 0.4) is 0 Å². The van der Waals surface area contributed by atoms with E-state index in [1.165, 1.54) is 6.07 Å². The summed E-state index contributed by atoms with van der Waals surface area (Å²) in [5.74, 6) is 0.0503. The van der Waals surface area contributed by atoms with Crippen molar-refractivity contribution in [1.82, 2.24) is 10.3 Å². The molecule has 1 atom stereocenters. The van der Waals surface area contributed by atoms with E-state index >= 15 is 0 Å². The molecule has 1 aromatic rings. The molecule has 2 rings (SSSR count). The molecule has 4 nitrogen and oxygen atoms in total. The first kappa shape index (κ1) is 12.8. The molecule has 94 valence electrons. The lowest BCUT2D eigenvalue weighted by Gasteiger charge is -2.11. The highest BCUT2D eigenvalue weighted by atomic mass is 35.5. The quantitative estimate of drug-likeness (QED) is 0.848. The number of amides is 1. The van der Waals surface area contributed by atoms with Crippen molar-refractivity contribution in [1.29, 1.82) is 5.26 Å². The first-order valence-corrected chi connectivity index (χ1v) is 6.38. The average Bonchev–Trinajstić information content (AvgIpc) is 3.19. The molecule has 1 aliphatic carbocycles. The van der Waals surface area contributed by atoms with Gasteiger partial charge < -0.3 is 5.32 Å². The van der Waals surface area contributed by atoms with Crippen molar-refractivity contribution in [3.8, 4) is 6.07 Å². The number of hydrogen-bond donors (Lipinski definition) is 1. The van der Waals surface area contributed by atoms with Gasteiger partial charge >= 0.3 is 0 Å². The van der Waals surface area contributed by atoms with Gasteiger partial charge in [0.25, 0.3) is 5.91 Å². The Morgan fingerprint density at radius 2 is 2.39 bits per heavy atom. The Labute approximate surface area is 111 Å². The summed E-state index contributed by atoms with van der Waals surface area (Å²) in [6.07, 6.45) is 2.73. The molecule has 0 aromatic carbocycles. The molecule has 0 bridgehead atoms. The number of rotatable bonds is 4. The van der Waals surface area contributed by atoms with Crippen LogP contribution in [0.2, 0.25) is 5.15 Å². The summed E-state index contributed by atoms with van der Waals surface area (Å²) in [6, 6.07) is 4.97. The first-order valence-electron chi connectivity index (χ1n) is 6.01. The number of hydrogen-bond acceptors (Lipinski definition) is 3. The summed E-state index contributed by atoms with van der Waals surface area (Å²) in [5.41, 5.74) is 1.24. The van der Waals surface area contributed by atoms with E-state index in [0.717, 1.165) is 18.5 Å². The molecule has 0 aliphatic heterocycles. The molecule has 0 spiro atoms. The summed E-state index contributed by atoms with van der Waals surface area (Å²) in [4.78, 5) is 16.1. The highest BCUT2D eigenvalue weighted by Gasteiger charge is 2.32. The Hall–Kier alpha value is -1.60. The summed E-state index contributed by atoms with van der Waals surface area (Å²) in [5, 5.41) is 12.0. The van der Waals surface area contributed by atoms with Gasteiger partial charge in [-0.3, -0.25) is 4.79 Å². The Morgan fingerprint density at radius 3 is 2.94 bits per heavy atom. The van der Waals surface area contributed by atoms with E-state index in [2.05, 4.69) is 16.4 Å². The second kappa shape index (κ2) is 5.36. The minimum Gasteiger partial charge on any atom is -0.336 e. The van der Waals surface area contributed by atoms with Crippen LogP contribution in [0.15, 0.2) is 12.1 Å². The Morgan fingerprint density at radius 1 is 1.67 bits per heavy atom. The van der Waals surface area contributed by atoms with E-state index in [9.17, 15) is 4.79 Å². The van der Waals surface area contributed by atoms with Crippen LogP contribution in [0.1, 0.15) is 35.8 Å². The minimum absolute atomic E-state index is 0.257. The van der Waals surface area contributed by atoms with E-state index in [1.807, 2.05) is 6.92 Å². The number of aromatic nitrogens is 1. The fourth-order valence-corrected chi connectivity index (χ4v) is 2.00. The van der Waals surface area contributed by atoms with Crippen LogP contribution in [0, 0.1) is 17.2 Å². The van der Waals surface area contributed by atoms with Gasteiger partial charge in [0.15, 0.2) is 0 Å². The van der Waals surface area contributed by atoms with E-state index in [4.69, 9.17) is 16.9 Å². The van der Waals surface area contributed by atoms with E-state index in [1.54, 1.807) is 6.07 Å². The maximum atomic E-state index is 12.0. The second-order valence-corrected chi connectivity index (χ2v) is 4.83. The molecule has 1 saturated carbocycles. The molecule has 5 heteroatoms. The zero-order chi connectivity index (χ0) is 13.1. The maximum Gasteiger partial charge on any atom is 0.252 e. The van der Waals surface area contributed by atoms with Crippen LogP contribution in [-0.2, 0) is 6.42 Å². The van der Waals surface area contributed by atoms with Crippen molar-refractivity contribution < 1.29 is 4.79 Å². The van der Waals surface area contributed by atoms with Gasteiger partial charge in [0.05, 0.1) is 6.07 Å². The maximum absolute atomic E-state index is 12.0. The molecule has 18 heavy (non-hydrogen) atoms. The van der Waals surface area contributed by atoms with Gasteiger partial charge in [-0.05, 0) is 37.3 Å². The molecule has 1 unspecified atom stereocenters. The third-order valence-electron chi connectivity index (χ3n) is 2.99. The van der Waals surface area contributed by atoms with Crippen LogP contribution in [0.5, 0.6) is 0 Å². The minimum atomic E-state index is -0.394. The van der Waals surface area contributed by atoms with Crippen molar-refractivity contribution in [3.63, 3.8) is 0 Å². The molecular weight excluding hydrogens is 250 g/mol. The standard InChI is InChI=1S/C13H14ClN3O/c1-2-10-5-9(6-12(14)16-10)13(18)17-11(7-15)8-3-4-8/h5-6,8,11H,2-4H2,1H3,(H,17,18). The van der Waals surface area contributed by atoms with Gasteiger partial charge in [-0.25, -0.2) is 4.98 Å². The summed E-state index contributed by atoms with van der Waals surface area (Å²) < 4.78 is 0. The van der Waals surface area contributed by atoms with Crippen LogP contribution >= 0.6 is 11.6 Å². The smallest absolute Gasteiger partial charge is 0.252 e. The van der Waals surface area contributed by atoms with Crippen molar-refractivity contribution in [2.45, 2.75) is 32.2 Å². The number of carbonyl (C=O) groups excluding carboxylic acids is 1. The fourth-order valence-electron chi connectivity index (χ4n) is 1.77. The summed E-state index contributed by atoms with van der Waals surface area (Å²) >= 11 is 5.86. The highest BCUT2D eigenvalue weighted by Crippen LogP contribution is 2.32. The SMILES string of the molecule is CCc1cc(C(=O)NC(C#N)C2CC2)cc(Cl)n1. The van der Waals surface area contributed by atoms with E-state index in [0.29, 0.717) is 23.1 Å². The molecule has 1 fully saturated rings. The summed E-state index contributed by atoms with van der Waals surface area (Å²) in [6.45, 7) is 1.95. The van der Waals surface area contributed by atoms with Crippen LogP contribution < -0.4 is 5.32 Å². The van der Waals surface area contributed by atoms with Gasteiger partial charge in [-0.2, -0.15) is 5.26 Å². The average molecular weight is 264 g/mol. The number of aryl methyl sites for hydroxylation is 1. The molecule has 1 amide bonds. The van der Waals surface area contributed by atoms with Gasteiger partial charge in [-0.1, -0.05) is 18.5 Å². The number of carbonyl (C=O) groups is 1. The van der Waals surface area contributed by atoms with Crippen molar-refractivity contribution in [2.75, 3.05) is 0 Å². The normalized spacial score (nSPS) is 15.8. The Bertz CT molecular complexity index is 505. The van der Waals surface area contributed by atoms with Gasteiger partial charge in [0.1, 0.15) is 11.2 Å². The molecular formula is C13H14ClN3O. The van der Waals surface area contributed by atoms with Crippen LogP contribution in [0.25, 0.3) is 0 Å². The van der Waals surface area contributed by atoms with Crippen LogP contribution in [0.4, 0.5) is 0 Å². The zero-order valence-corrected chi connectivity index (χ0v) is 10.9. The lowest BCUT2D eigenvalue weighted by atomic mass is 10.1. The Kier molecular flexibility index (Phi) is 3.83. The zero-order valence-electron chi connectivity index (χ0n) is 10.1. The lowest BCUT2D eigenvalue weighted by molar-refractivity contribution is 0.0941. The largest absolute Gasteiger partial charge is 0.336 e. The number of nitrogens with one attached hydrogen (secondary N) is 1. The van der Waals surface area contributed by atoms with E-state index < -0.39 is 6.04 Å². The molecule has 0 saturated heterocycles. The monoisotopic (exact) mass is 263 g/mol. The topological polar surface area (TPSA) is 65.8 Å². The lowest BCUT2D eigenvalue weighted by Crippen LogP contribution is -2.35. The third-order valence-corrected chi connectivity index (χ3v) is 3.18. The number of pyridine rings is 1. The Balaban J connectivity index is 2.13. The van der Waals surface area contributed by atoms with Crippen molar-refractivity contribution in [2.24, 2.45) is 5.92 Å². The molecule has 0 radical (unpaired) electrons. The number of halogens is 1. The molecule has 1 heterocycles. The summed E-state index contributed by atoms with van der Waals surface area (Å²) in [7, 11) is 0. The highest BCUT2D eigenvalue weighted by molar-refractivity contribution is 6.29. The third kappa shape index (κ3) is 2.99. The molecule has 1 aliphatic rings. The number of nitrogens with zero attached hydrogens (tertiary/aromatic N) is 2. The van der Waals surface area contributed by atoms with Gasteiger partial charge in [0.2, 0.25) is 0 Å². The first-order chi connectivity index (χ1) is 8.63. The van der Waals surface area contributed by atoms with Gasteiger partial charge in [-0.15, -0.1) is 0 Å². The predicted molar refractivity (Wildman–Crippen MR) is 68.2 cm³/mol. The van der Waals surface area contributed by atoms with E-state index in [-0.39, 0.29) is 5.91 Å². The second-order valence-electron chi connectivity index (χ2n) is 4.44.